The first kappa shape index (κ1) is 17.4. The van der Waals surface area contributed by atoms with E-state index in [2.05, 4.69) is 20.2 Å². The molecule has 1 aliphatic heterocycles. The van der Waals surface area contributed by atoms with Crippen LogP contribution in [-0.4, -0.2) is 42.1 Å². The smallest absolute Gasteiger partial charge is 0.261 e. The maximum absolute atomic E-state index is 12.7. The minimum atomic E-state index is -0.0664. The zero-order valence-electron chi connectivity index (χ0n) is 15.3. The van der Waals surface area contributed by atoms with Gasteiger partial charge >= 0.3 is 0 Å². The highest BCUT2D eigenvalue weighted by molar-refractivity contribution is 5.77. The summed E-state index contributed by atoms with van der Waals surface area (Å²) in [6.07, 6.45) is 4.38. The highest BCUT2D eigenvalue weighted by Crippen LogP contribution is 2.30. The van der Waals surface area contributed by atoms with E-state index in [1.54, 1.807) is 17.0 Å². The number of benzene rings is 1. The number of likely N-dealkylation sites (tertiary alicyclic amines) is 1. The molecule has 27 heavy (non-hydrogen) atoms. The monoisotopic (exact) mass is 366 g/mol. The number of carbonyl (C=O) groups is 1. The van der Waals surface area contributed by atoms with Crippen LogP contribution in [0.25, 0.3) is 10.9 Å². The number of nitrogens with zero attached hydrogens (tertiary/aromatic N) is 5. The standard InChI is InChI=1S/C19H22N6O2/c1-13-21-18(23-22-13)16-8-4-11-25(16)17(26)9-5-10-24-12-20-15-7-3-2-6-14(15)19(24)27/h2-3,6-7,12,16H,4-5,8-11H2,1H3,(H,21,22,23)/t16-/m1/s1. The van der Waals surface area contributed by atoms with Crippen LogP contribution in [0.2, 0.25) is 0 Å². The molecule has 0 radical (unpaired) electrons. The zero-order valence-corrected chi connectivity index (χ0v) is 15.3. The van der Waals surface area contributed by atoms with E-state index in [0.29, 0.717) is 36.1 Å². The van der Waals surface area contributed by atoms with Gasteiger partial charge in [0.15, 0.2) is 5.82 Å². The summed E-state index contributed by atoms with van der Waals surface area (Å²) in [6.45, 7) is 3.06. The number of aromatic amines is 1. The molecule has 140 valence electrons. The Morgan fingerprint density at radius 1 is 1.33 bits per heavy atom. The molecule has 4 rings (SSSR count). The van der Waals surface area contributed by atoms with Crippen molar-refractivity contribution in [2.45, 2.75) is 45.2 Å². The molecule has 1 fully saturated rings. The summed E-state index contributed by atoms with van der Waals surface area (Å²) in [5.41, 5.74) is 0.625. The van der Waals surface area contributed by atoms with Crippen LogP contribution in [0.5, 0.6) is 0 Å². The normalized spacial score (nSPS) is 16.9. The first-order chi connectivity index (χ1) is 13.1. The summed E-state index contributed by atoms with van der Waals surface area (Å²) in [7, 11) is 0. The van der Waals surface area contributed by atoms with Gasteiger partial charge in [-0.3, -0.25) is 19.3 Å². The summed E-state index contributed by atoms with van der Waals surface area (Å²) in [5.74, 6) is 1.53. The van der Waals surface area contributed by atoms with Crippen LogP contribution in [0.4, 0.5) is 0 Å². The summed E-state index contributed by atoms with van der Waals surface area (Å²) in [6, 6.07) is 7.24. The molecule has 3 aromatic rings. The molecule has 0 unspecified atom stereocenters. The van der Waals surface area contributed by atoms with Crippen LogP contribution < -0.4 is 5.56 Å². The van der Waals surface area contributed by atoms with Gasteiger partial charge in [-0.1, -0.05) is 12.1 Å². The number of aromatic nitrogens is 5. The lowest BCUT2D eigenvalue weighted by molar-refractivity contribution is -0.132. The van der Waals surface area contributed by atoms with Gasteiger partial charge in [-0.25, -0.2) is 9.97 Å². The Labute approximate surface area is 156 Å². The molecule has 0 bridgehead atoms. The molecule has 2 aromatic heterocycles. The summed E-state index contributed by atoms with van der Waals surface area (Å²) in [5, 5.41) is 7.66. The molecular formula is C19H22N6O2. The highest BCUT2D eigenvalue weighted by atomic mass is 16.2. The Hall–Kier alpha value is -3.03. The number of carbonyl (C=O) groups excluding carboxylic acids is 1. The van der Waals surface area contributed by atoms with Crippen LogP contribution in [-0.2, 0) is 11.3 Å². The Bertz CT molecular complexity index is 1020. The highest BCUT2D eigenvalue weighted by Gasteiger charge is 2.32. The van der Waals surface area contributed by atoms with Gasteiger partial charge < -0.3 is 4.90 Å². The van der Waals surface area contributed by atoms with E-state index >= 15 is 0 Å². The molecule has 0 saturated carbocycles. The summed E-state index contributed by atoms with van der Waals surface area (Å²) >= 11 is 0. The predicted molar refractivity (Wildman–Crippen MR) is 100 cm³/mol. The van der Waals surface area contributed by atoms with Crippen LogP contribution in [0.15, 0.2) is 35.4 Å². The van der Waals surface area contributed by atoms with Crippen molar-refractivity contribution in [2.75, 3.05) is 6.54 Å². The lowest BCUT2D eigenvalue weighted by Crippen LogP contribution is -2.31. The van der Waals surface area contributed by atoms with E-state index in [1.165, 1.54) is 0 Å². The average molecular weight is 366 g/mol. The lowest BCUT2D eigenvalue weighted by Gasteiger charge is -2.22. The number of hydrogen-bond donors (Lipinski definition) is 1. The Balaban J connectivity index is 1.39. The minimum absolute atomic E-state index is 0.0486. The quantitative estimate of drug-likeness (QED) is 0.745. The maximum Gasteiger partial charge on any atom is 0.261 e. The van der Waals surface area contributed by atoms with Crippen molar-refractivity contribution in [3.63, 3.8) is 0 Å². The third kappa shape index (κ3) is 3.47. The van der Waals surface area contributed by atoms with Crippen molar-refractivity contribution < 1.29 is 4.79 Å². The van der Waals surface area contributed by atoms with Gasteiger partial charge in [0.25, 0.3) is 5.56 Å². The minimum Gasteiger partial charge on any atom is -0.332 e. The largest absolute Gasteiger partial charge is 0.332 e. The summed E-state index contributed by atoms with van der Waals surface area (Å²) < 4.78 is 1.58. The molecule has 8 nitrogen and oxygen atoms in total. The fourth-order valence-corrected chi connectivity index (χ4v) is 3.65. The van der Waals surface area contributed by atoms with Gasteiger partial charge in [-0.15, -0.1) is 0 Å². The number of rotatable bonds is 5. The van der Waals surface area contributed by atoms with Crippen LogP contribution in [0.3, 0.4) is 0 Å². The van der Waals surface area contributed by atoms with Crippen LogP contribution >= 0.6 is 0 Å². The van der Waals surface area contributed by atoms with Gasteiger partial charge in [0.1, 0.15) is 5.82 Å². The van der Waals surface area contributed by atoms with E-state index in [-0.39, 0.29) is 17.5 Å². The second-order valence-electron chi connectivity index (χ2n) is 6.89. The number of para-hydroxylation sites is 1. The van der Waals surface area contributed by atoms with Crippen molar-refractivity contribution >= 4 is 16.8 Å². The summed E-state index contributed by atoms with van der Waals surface area (Å²) in [4.78, 5) is 35.8. The van der Waals surface area contributed by atoms with E-state index < -0.39 is 0 Å². The van der Waals surface area contributed by atoms with E-state index in [0.717, 1.165) is 25.2 Å². The van der Waals surface area contributed by atoms with Gasteiger partial charge in [-0.05, 0) is 38.3 Å². The molecule has 0 spiro atoms. The van der Waals surface area contributed by atoms with Crippen LogP contribution in [0, 0.1) is 6.92 Å². The lowest BCUT2D eigenvalue weighted by atomic mass is 10.2. The molecule has 1 aromatic carbocycles. The molecular weight excluding hydrogens is 344 g/mol. The van der Waals surface area contributed by atoms with Crippen LogP contribution in [0.1, 0.15) is 43.4 Å². The van der Waals surface area contributed by atoms with Gasteiger partial charge in [-0.2, -0.15) is 5.10 Å². The molecule has 1 aliphatic rings. The first-order valence-electron chi connectivity index (χ1n) is 9.26. The topological polar surface area (TPSA) is 96.8 Å². The molecule has 1 amide bonds. The fourth-order valence-electron chi connectivity index (χ4n) is 3.65. The molecule has 1 N–H and O–H groups in total. The van der Waals surface area contributed by atoms with Gasteiger partial charge in [0, 0.05) is 19.5 Å². The fraction of sp³-hybridized carbons (Fsp3) is 0.421. The van der Waals surface area contributed by atoms with Gasteiger partial charge in [0.05, 0.1) is 23.3 Å². The number of nitrogens with one attached hydrogen (secondary N) is 1. The molecule has 1 saturated heterocycles. The molecule has 3 heterocycles. The number of H-pyrrole nitrogens is 1. The SMILES string of the molecule is Cc1nc([C@H]2CCCN2C(=O)CCCn2cnc3ccccc3c2=O)n[nH]1. The van der Waals surface area contributed by atoms with Crippen molar-refractivity contribution in [3.05, 3.63) is 52.6 Å². The number of amides is 1. The third-order valence-electron chi connectivity index (χ3n) is 5.01. The zero-order chi connectivity index (χ0) is 18.8. The van der Waals surface area contributed by atoms with Crippen molar-refractivity contribution in [1.82, 2.24) is 29.6 Å². The number of aryl methyl sites for hydroxylation is 2. The molecule has 1 atom stereocenters. The predicted octanol–water partition coefficient (Wildman–Crippen LogP) is 1.97. The first-order valence-corrected chi connectivity index (χ1v) is 9.26. The second kappa shape index (κ2) is 7.30. The molecule has 0 aliphatic carbocycles. The van der Waals surface area contributed by atoms with Crippen molar-refractivity contribution in [3.8, 4) is 0 Å². The van der Waals surface area contributed by atoms with E-state index in [1.807, 2.05) is 30.0 Å². The maximum atomic E-state index is 12.7. The Kier molecular flexibility index (Phi) is 4.70. The van der Waals surface area contributed by atoms with E-state index in [9.17, 15) is 9.59 Å². The van der Waals surface area contributed by atoms with Gasteiger partial charge in [0.2, 0.25) is 5.91 Å². The second-order valence-corrected chi connectivity index (χ2v) is 6.89. The Morgan fingerprint density at radius 2 is 2.19 bits per heavy atom. The van der Waals surface area contributed by atoms with Crippen molar-refractivity contribution in [2.24, 2.45) is 0 Å². The third-order valence-corrected chi connectivity index (χ3v) is 5.01. The Morgan fingerprint density at radius 3 is 3.00 bits per heavy atom. The molecule has 8 heteroatoms. The number of fused-ring (bicyclic) bond motifs is 1. The average Bonchev–Trinajstić information content (AvgIpc) is 3.32. The number of hydrogen-bond acceptors (Lipinski definition) is 5. The van der Waals surface area contributed by atoms with E-state index in [4.69, 9.17) is 0 Å². The van der Waals surface area contributed by atoms with Crippen molar-refractivity contribution in [1.29, 1.82) is 0 Å².